The molecule has 2 heteroatoms. The van der Waals surface area contributed by atoms with E-state index >= 15 is 0 Å². The van der Waals surface area contributed by atoms with Crippen LogP contribution >= 0.6 is 0 Å². The lowest BCUT2D eigenvalue weighted by molar-refractivity contribution is 0.728. The predicted octanol–water partition coefficient (Wildman–Crippen LogP) is 4.46. The minimum atomic E-state index is 0.0841. The number of benzene rings is 3. The smallest absolute Gasteiger partial charge is 0.0763 e. The molecule has 0 bridgehead atoms. The molecule has 3 aromatic carbocycles. The maximum Gasteiger partial charge on any atom is 0.0763 e. The molecule has 0 saturated heterocycles. The number of nitrogens with one attached hydrogen (secondary N) is 1. The van der Waals surface area contributed by atoms with E-state index in [0.717, 1.165) is 0 Å². The molecule has 114 valence electrons. The molecule has 0 fully saturated rings. The summed E-state index contributed by atoms with van der Waals surface area (Å²) in [6, 6.07) is 29.5. The fourth-order valence-electron chi connectivity index (χ4n) is 2.68. The van der Waals surface area contributed by atoms with Crippen LogP contribution in [-0.4, -0.2) is 0 Å². The Balaban J connectivity index is 1.91. The van der Waals surface area contributed by atoms with Crippen LogP contribution in [0.2, 0.25) is 0 Å². The standard InChI is InChI=1S/C21H20N2/c22-15-16-23-21(19-9-5-2-6-10-19)20-13-11-18(12-14-20)17-7-3-1-4-8-17/h1-16,21,23H,22H2/b16-15-/t21-/m1/s1. The summed E-state index contributed by atoms with van der Waals surface area (Å²) in [5.74, 6) is 0. The van der Waals surface area contributed by atoms with Gasteiger partial charge in [0.1, 0.15) is 0 Å². The Bertz CT molecular complexity index is 747. The highest BCUT2D eigenvalue weighted by Crippen LogP contribution is 2.25. The van der Waals surface area contributed by atoms with Gasteiger partial charge < -0.3 is 11.1 Å². The van der Waals surface area contributed by atoms with Crippen molar-refractivity contribution in [2.45, 2.75) is 6.04 Å². The molecule has 0 saturated carbocycles. The van der Waals surface area contributed by atoms with Gasteiger partial charge in [0.05, 0.1) is 6.04 Å². The van der Waals surface area contributed by atoms with E-state index in [1.54, 1.807) is 6.20 Å². The van der Waals surface area contributed by atoms with Crippen molar-refractivity contribution < 1.29 is 0 Å². The lowest BCUT2D eigenvalue weighted by atomic mass is 9.96. The fourth-order valence-corrected chi connectivity index (χ4v) is 2.68. The second-order valence-corrected chi connectivity index (χ2v) is 5.36. The van der Waals surface area contributed by atoms with Gasteiger partial charge in [0.2, 0.25) is 0 Å². The number of hydrogen-bond donors (Lipinski definition) is 2. The van der Waals surface area contributed by atoms with Crippen LogP contribution in [0.15, 0.2) is 97.3 Å². The Morgan fingerprint density at radius 2 is 1.17 bits per heavy atom. The molecule has 0 radical (unpaired) electrons. The second-order valence-electron chi connectivity index (χ2n) is 5.36. The van der Waals surface area contributed by atoms with E-state index in [2.05, 4.69) is 78.1 Å². The van der Waals surface area contributed by atoms with Crippen LogP contribution in [0.3, 0.4) is 0 Å². The molecule has 0 unspecified atom stereocenters. The summed E-state index contributed by atoms with van der Waals surface area (Å²) in [5, 5.41) is 3.36. The first-order chi connectivity index (χ1) is 11.4. The zero-order valence-corrected chi connectivity index (χ0v) is 12.9. The van der Waals surface area contributed by atoms with Crippen LogP contribution < -0.4 is 11.1 Å². The number of hydrogen-bond acceptors (Lipinski definition) is 2. The summed E-state index contributed by atoms with van der Waals surface area (Å²) in [6.45, 7) is 0. The van der Waals surface area contributed by atoms with Crippen LogP contribution in [-0.2, 0) is 0 Å². The molecule has 3 N–H and O–H groups in total. The van der Waals surface area contributed by atoms with Crippen molar-refractivity contribution in [3.63, 3.8) is 0 Å². The lowest BCUT2D eigenvalue weighted by Gasteiger charge is -2.19. The Labute approximate surface area is 137 Å². The average molecular weight is 300 g/mol. The van der Waals surface area contributed by atoms with Crippen molar-refractivity contribution in [2.75, 3.05) is 0 Å². The van der Waals surface area contributed by atoms with Crippen LogP contribution in [0, 0.1) is 0 Å². The Kier molecular flexibility index (Phi) is 4.75. The number of nitrogens with two attached hydrogens (primary N) is 1. The maximum atomic E-state index is 5.49. The van der Waals surface area contributed by atoms with Gasteiger partial charge in [0.15, 0.2) is 0 Å². The first kappa shape index (κ1) is 14.9. The molecule has 0 aliphatic heterocycles. The monoisotopic (exact) mass is 300 g/mol. The van der Waals surface area contributed by atoms with Crippen LogP contribution in [0.25, 0.3) is 11.1 Å². The predicted molar refractivity (Wildman–Crippen MR) is 96.6 cm³/mol. The molecule has 3 aromatic rings. The molecule has 0 spiro atoms. The molecule has 0 aliphatic rings. The zero-order valence-electron chi connectivity index (χ0n) is 12.9. The van der Waals surface area contributed by atoms with E-state index in [9.17, 15) is 0 Å². The third-order valence-corrected chi connectivity index (χ3v) is 3.84. The zero-order chi connectivity index (χ0) is 15.9. The van der Waals surface area contributed by atoms with E-state index in [4.69, 9.17) is 5.73 Å². The van der Waals surface area contributed by atoms with Crippen molar-refractivity contribution in [1.29, 1.82) is 0 Å². The van der Waals surface area contributed by atoms with E-state index in [1.807, 2.05) is 12.1 Å². The quantitative estimate of drug-likeness (QED) is 0.730. The van der Waals surface area contributed by atoms with Gasteiger partial charge in [-0.05, 0) is 22.3 Å². The summed E-state index contributed by atoms with van der Waals surface area (Å²) >= 11 is 0. The van der Waals surface area contributed by atoms with E-state index in [-0.39, 0.29) is 6.04 Å². The van der Waals surface area contributed by atoms with Gasteiger partial charge >= 0.3 is 0 Å². The van der Waals surface area contributed by atoms with Crippen LogP contribution in [0.5, 0.6) is 0 Å². The van der Waals surface area contributed by atoms with Crippen molar-refractivity contribution in [1.82, 2.24) is 5.32 Å². The van der Waals surface area contributed by atoms with Gasteiger partial charge in [0.25, 0.3) is 0 Å². The summed E-state index contributed by atoms with van der Waals surface area (Å²) in [5.41, 5.74) is 10.3. The first-order valence-electron chi connectivity index (χ1n) is 7.71. The van der Waals surface area contributed by atoms with Gasteiger partial charge in [-0.2, -0.15) is 0 Å². The normalized spacial score (nSPS) is 12.2. The summed E-state index contributed by atoms with van der Waals surface area (Å²) in [7, 11) is 0. The Morgan fingerprint density at radius 3 is 1.78 bits per heavy atom. The van der Waals surface area contributed by atoms with Gasteiger partial charge in [0, 0.05) is 12.4 Å². The van der Waals surface area contributed by atoms with E-state index in [1.165, 1.54) is 28.5 Å². The highest BCUT2D eigenvalue weighted by atomic mass is 14.9. The van der Waals surface area contributed by atoms with E-state index in [0.29, 0.717) is 0 Å². The molecule has 0 aromatic heterocycles. The number of rotatable bonds is 5. The Morgan fingerprint density at radius 1 is 0.652 bits per heavy atom. The molecular weight excluding hydrogens is 280 g/mol. The molecular formula is C21H20N2. The molecule has 2 nitrogen and oxygen atoms in total. The fraction of sp³-hybridized carbons (Fsp3) is 0.0476. The molecule has 0 aliphatic carbocycles. The van der Waals surface area contributed by atoms with Gasteiger partial charge in [-0.25, -0.2) is 0 Å². The van der Waals surface area contributed by atoms with Crippen molar-refractivity contribution in [3.05, 3.63) is 108 Å². The van der Waals surface area contributed by atoms with Crippen molar-refractivity contribution >= 4 is 0 Å². The highest BCUT2D eigenvalue weighted by molar-refractivity contribution is 5.63. The summed E-state index contributed by atoms with van der Waals surface area (Å²) in [6.07, 6.45) is 3.30. The second kappa shape index (κ2) is 7.32. The third-order valence-electron chi connectivity index (χ3n) is 3.84. The first-order valence-corrected chi connectivity index (χ1v) is 7.71. The molecule has 1 atom stereocenters. The lowest BCUT2D eigenvalue weighted by Crippen LogP contribution is -2.17. The topological polar surface area (TPSA) is 38.0 Å². The van der Waals surface area contributed by atoms with Crippen LogP contribution in [0.4, 0.5) is 0 Å². The SMILES string of the molecule is N/C=C\N[C@H](c1ccccc1)c1ccc(-c2ccccc2)cc1. The summed E-state index contributed by atoms with van der Waals surface area (Å²) in [4.78, 5) is 0. The minimum Gasteiger partial charge on any atom is -0.403 e. The Hall–Kier alpha value is -3.00. The third kappa shape index (κ3) is 3.61. The van der Waals surface area contributed by atoms with Crippen LogP contribution in [0.1, 0.15) is 17.2 Å². The van der Waals surface area contributed by atoms with E-state index < -0.39 is 0 Å². The highest BCUT2D eigenvalue weighted by Gasteiger charge is 2.12. The van der Waals surface area contributed by atoms with Crippen molar-refractivity contribution in [3.8, 4) is 11.1 Å². The maximum absolute atomic E-state index is 5.49. The van der Waals surface area contributed by atoms with Gasteiger partial charge in [-0.15, -0.1) is 0 Å². The largest absolute Gasteiger partial charge is 0.403 e. The van der Waals surface area contributed by atoms with Gasteiger partial charge in [-0.1, -0.05) is 84.9 Å². The molecule has 3 rings (SSSR count). The van der Waals surface area contributed by atoms with Gasteiger partial charge in [-0.3, -0.25) is 0 Å². The molecule has 23 heavy (non-hydrogen) atoms. The van der Waals surface area contributed by atoms with Crippen molar-refractivity contribution in [2.24, 2.45) is 5.73 Å². The average Bonchev–Trinajstić information content (AvgIpc) is 2.64. The summed E-state index contributed by atoms with van der Waals surface area (Å²) < 4.78 is 0. The molecule has 0 heterocycles. The molecule has 0 amide bonds. The minimum absolute atomic E-state index is 0.0841.